The van der Waals surface area contributed by atoms with Gasteiger partial charge in [-0.25, -0.2) is 8.42 Å². The molecule has 2 aromatic rings. The van der Waals surface area contributed by atoms with Crippen LogP contribution < -0.4 is 14.8 Å². The van der Waals surface area contributed by atoms with Gasteiger partial charge in [0.25, 0.3) is 0 Å². The van der Waals surface area contributed by atoms with Gasteiger partial charge in [0.05, 0.1) is 11.4 Å². The van der Waals surface area contributed by atoms with Crippen molar-refractivity contribution in [1.82, 2.24) is 4.31 Å². The summed E-state index contributed by atoms with van der Waals surface area (Å²) in [6.07, 6.45) is 4.56. The SMILES string of the molecule is Cc1ccc(S(=O)(=O)N(CC(=O)Nc2ccc3c(c2)OCCO3)C2CCCCC2)cc1. The predicted octanol–water partition coefficient (Wildman–Crippen LogP) is 3.73. The van der Waals surface area contributed by atoms with Crippen LogP contribution in [0.2, 0.25) is 0 Å². The molecule has 8 heteroatoms. The van der Waals surface area contributed by atoms with E-state index in [9.17, 15) is 13.2 Å². The lowest BCUT2D eigenvalue weighted by molar-refractivity contribution is -0.116. The molecule has 2 aromatic carbocycles. The van der Waals surface area contributed by atoms with E-state index in [0.29, 0.717) is 30.4 Å². The van der Waals surface area contributed by atoms with E-state index >= 15 is 0 Å². The quantitative estimate of drug-likeness (QED) is 0.734. The second-order valence-corrected chi connectivity index (χ2v) is 9.95. The number of nitrogens with zero attached hydrogens (tertiary/aromatic N) is 1. The predicted molar refractivity (Wildman–Crippen MR) is 118 cm³/mol. The number of hydrogen-bond acceptors (Lipinski definition) is 5. The third-order valence-corrected chi connectivity index (χ3v) is 7.65. The minimum atomic E-state index is -3.79. The lowest BCUT2D eigenvalue weighted by Crippen LogP contribution is -2.45. The number of ether oxygens (including phenoxy) is 2. The summed E-state index contributed by atoms with van der Waals surface area (Å²) >= 11 is 0. The Labute approximate surface area is 183 Å². The van der Waals surface area contributed by atoms with Crippen LogP contribution in [-0.2, 0) is 14.8 Å². The number of benzene rings is 2. The molecule has 0 radical (unpaired) electrons. The Morgan fingerprint density at radius 1 is 1.00 bits per heavy atom. The molecule has 1 saturated carbocycles. The van der Waals surface area contributed by atoms with E-state index in [2.05, 4.69) is 5.32 Å². The lowest BCUT2D eigenvalue weighted by atomic mass is 9.95. The Bertz CT molecular complexity index is 1030. The zero-order valence-corrected chi connectivity index (χ0v) is 18.5. The van der Waals surface area contributed by atoms with Crippen LogP contribution >= 0.6 is 0 Å². The van der Waals surface area contributed by atoms with Gasteiger partial charge in [-0.3, -0.25) is 4.79 Å². The fraction of sp³-hybridized carbons (Fsp3) is 0.435. The number of nitrogens with one attached hydrogen (secondary N) is 1. The van der Waals surface area contributed by atoms with Gasteiger partial charge in [-0.1, -0.05) is 37.0 Å². The Kier molecular flexibility index (Phi) is 6.48. The summed E-state index contributed by atoms with van der Waals surface area (Å²) in [5.74, 6) is 0.827. The number of amides is 1. The van der Waals surface area contributed by atoms with Crippen LogP contribution in [0.1, 0.15) is 37.7 Å². The summed E-state index contributed by atoms with van der Waals surface area (Å²) < 4.78 is 39.3. The third-order valence-electron chi connectivity index (χ3n) is 5.73. The summed E-state index contributed by atoms with van der Waals surface area (Å²) in [5, 5.41) is 2.81. The highest BCUT2D eigenvalue weighted by Crippen LogP contribution is 2.33. The highest BCUT2D eigenvalue weighted by Gasteiger charge is 2.34. The van der Waals surface area contributed by atoms with Gasteiger partial charge in [0.1, 0.15) is 13.2 Å². The van der Waals surface area contributed by atoms with Crippen LogP contribution in [0.5, 0.6) is 11.5 Å². The van der Waals surface area contributed by atoms with Crippen LogP contribution in [0.4, 0.5) is 5.69 Å². The van der Waals surface area contributed by atoms with Gasteiger partial charge in [0, 0.05) is 17.8 Å². The first-order valence-corrected chi connectivity index (χ1v) is 12.2. The van der Waals surface area contributed by atoms with Gasteiger partial charge in [0.2, 0.25) is 15.9 Å². The molecule has 7 nitrogen and oxygen atoms in total. The highest BCUT2D eigenvalue weighted by molar-refractivity contribution is 7.89. The molecular weight excluding hydrogens is 416 g/mol. The van der Waals surface area contributed by atoms with Gasteiger partial charge < -0.3 is 14.8 Å². The summed E-state index contributed by atoms with van der Waals surface area (Å²) in [7, 11) is -3.79. The summed E-state index contributed by atoms with van der Waals surface area (Å²) in [6.45, 7) is 2.63. The Morgan fingerprint density at radius 3 is 2.39 bits per heavy atom. The number of carbonyl (C=O) groups is 1. The molecule has 1 amide bonds. The first kappa shape index (κ1) is 21.6. The molecular formula is C23H28N2O5S. The number of fused-ring (bicyclic) bond motifs is 1. The Hall–Kier alpha value is -2.58. The lowest BCUT2D eigenvalue weighted by Gasteiger charge is -2.33. The van der Waals surface area contributed by atoms with Gasteiger partial charge in [-0.2, -0.15) is 4.31 Å². The van der Waals surface area contributed by atoms with Crippen LogP contribution in [0, 0.1) is 6.92 Å². The molecule has 0 atom stereocenters. The minimum Gasteiger partial charge on any atom is -0.486 e. The molecule has 31 heavy (non-hydrogen) atoms. The van der Waals surface area contributed by atoms with Gasteiger partial charge in [-0.05, 0) is 44.0 Å². The molecule has 2 aliphatic rings. The third kappa shape index (κ3) is 5.02. The van der Waals surface area contributed by atoms with Crippen molar-refractivity contribution in [1.29, 1.82) is 0 Å². The van der Waals surface area contributed by atoms with Gasteiger partial charge in [-0.15, -0.1) is 0 Å². The molecule has 1 heterocycles. The van der Waals surface area contributed by atoms with Crippen LogP contribution in [0.3, 0.4) is 0 Å². The highest BCUT2D eigenvalue weighted by atomic mass is 32.2. The zero-order valence-electron chi connectivity index (χ0n) is 17.7. The van der Waals surface area contributed by atoms with Crippen molar-refractivity contribution in [2.45, 2.75) is 50.0 Å². The van der Waals surface area contributed by atoms with E-state index in [-0.39, 0.29) is 23.4 Å². The van der Waals surface area contributed by atoms with E-state index in [0.717, 1.165) is 37.7 Å². The molecule has 0 spiro atoms. The number of aryl methyl sites for hydroxylation is 1. The first-order chi connectivity index (χ1) is 14.9. The molecule has 0 bridgehead atoms. The standard InChI is InChI=1S/C23H28N2O5S/c1-17-7-10-20(11-8-17)31(27,28)25(19-5-3-2-4-6-19)16-23(26)24-18-9-12-21-22(15-18)30-14-13-29-21/h7-12,15,19H,2-6,13-14,16H2,1H3,(H,24,26). The average molecular weight is 445 g/mol. The first-order valence-electron chi connectivity index (χ1n) is 10.7. The number of anilines is 1. The average Bonchev–Trinajstić information content (AvgIpc) is 2.78. The van der Waals surface area contributed by atoms with E-state index in [1.807, 2.05) is 6.92 Å². The number of carbonyl (C=O) groups excluding carboxylic acids is 1. The zero-order chi connectivity index (χ0) is 21.8. The number of sulfonamides is 1. The van der Waals surface area contributed by atoms with Crippen molar-refractivity contribution in [3.8, 4) is 11.5 Å². The molecule has 1 fully saturated rings. The summed E-state index contributed by atoms with van der Waals surface area (Å²) in [5.41, 5.74) is 1.53. The second kappa shape index (κ2) is 9.28. The van der Waals surface area contributed by atoms with E-state index in [1.54, 1.807) is 42.5 Å². The maximum absolute atomic E-state index is 13.4. The Morgan fingerprint density at radius 2 is 1.68 bits per heavy atom. The molecule has 1 aliphatic heterocycles. The maximum Gasteiger partial charge on any atom is 0.243 e. The van der Waals surface area contributed by atoms with E-state index in [1.165, 1.54) is 4.31 Å². The monoisotopic (exact) mass is 444 g/mol. The van der Waals surface area contributed by atoms with E-state index < -0.39 is 10.0 Å². The number of rotatable bonds is 6. The van der Waals surface area contributed by atoms with Gasteiger partial charge in [0.15, 0.2) is 11.5 Å². The van der Waals surface area contributed by atoms with Crippen molar-refractivity contribution in [2.75, 3.05) is 25.1 Å². The number of hydrogen-bond donors (Lipinski definition) is 1. The van der Waals surface area contributed by atoms with Crippen molar-refractivity contribution in [3.63, 3.8) is 0 Å². The fourth-order valence-electron chi connectivity index (χ4n) is 4.09. The van der Waals surface area contributed by atoms with Crippen molar-refractivity contribution < 1.29 is 22.7 Å². The Balaban J connectivity index is 1.54. The molecule has 0 aromatic heterocycles. The normalized spacial score (nSPS) is 16.8. The molecule has 4 rings (SSSR count). The summed E-state index contributed by atoms with van der Waals surface area (Å²) in [4.78, 5) is 13.1. The minimum absolute atomic E-state index is 0.175. The van der Waals surface area contributed by atoms with Gasteiger partial charge >= 0.3 is 0 Å². The maximum atomic E-state index is 13.4. The molecule has 166 valence electrons. The molecule has 0 saturated heterocycles. The molecule has 1 aliphatic carbocycles. The largest absolute Gasteiger partial charge is 0.486 e. The van der Waals surface area contributed by atoms with Crippen LogP contribution in [-0.4, -0.2) is 44.4 Å². The fourth-order valence-corrected chi connectivity index (χ4v) is 5.73. The smallest absolute Gasteiger partial charge is 0.243 e. The molecule has 1 N–H and O–H groups in total. The van der Waals surface area contributed by atoms with E-state index in [4.69, 9.17) is 9.47 Å². The van der Waals surface area contributed by atoms with Crippen LogP contribution in [0.25, 0.3) is 0 Å². The summed E-state index contributed by atoms with van der Waals surface area (Å²) in [6, 6.07) is 11.8. The second-order valence-electron chi connectivity index (χ2n) is 8.06. The van der Waals surface area contributed by atoms with Crippen LogP contribution in [0.15, 0.2) is 47.4 Å². The van der Waals surface area contributed by atoms with Crippen molar-refractivity contribution in [2.24, 2.45) is 0 Å². The van der Waals surface area contributed by atoms with Crippen molar-refractivity contribution >= 4 is 21.6 Å². The molecule has 0 unspecified atom stereocenters. The topological polar surface area (TPSA) is 84.9 Å². The van der Waals surface area contributed by atoms with Crippen molar-refractivity contribution in [3.05, 3.63) is 48.0 Å².